The molecule has 0 saturated heterocycles. The maximum absolute atomic E-state index is 14.2. The fraction of sp³-hybridized carbons (Fsp3) is 0.250. The maximum atomic E-state index is 14.2. The molecule has 3 rings (SSSR count). The van der Waals surface area contributed by atoms with Gasteiger partial charge in [0.05, 0.1) is 27.6 Å². The van der Waals surface area contributed by atoms with E-state index in [9.17, 15) is 19.3 Å². The monoisotopic (exact) mass is 491 g/mol. The molecular weight excluding hydrogens is 473 g/mol. The van der Waals surface area contributed by atoms with Crippen molar-refractivity contribution in [1.82, 2.24) is 15.3 Å². The summed E-state index contributed by atoms with van der Waals surface area (Å²) in [5, 5.41) is 17.6. The van der Waals surface area contributed by atoms with Crippen LogP contribution in [0.15, 0.2) is 41.1 Å². The number of carbonyl (C=O) groups excluding carboxylic acids is 1. The van der Waals surface area contributed by atoms with Crippen molar-refractivity contribution in [1.29, 1.82) is 0 Å². The number of nitrogens with one attached hydrogen (secondary N) is 2. The van der Waals surface area contributed by atoms with E-state index in [4.69, 9.17) is 4.74 Å². The number of nitrogens with zero attached hydrogens (tertiary/aromatic N) is 3. The fourth-order valence-electron chi connectivity index (χ4n) is 2.89. The van der Waals surface area contributed by atoms with Gasteiger partial charge in [-0.2, -0.15) is 0 Å². The summed E-state index contributed by atoms with van der Waals surface area (Å²) in [4.78, 5) is 30.6. The molecule has 1 amide bonds. The molecule has 1 atom stereocenters. The molecule has 0 bridgehead atoms. The second-order valence-corrected chi connectivity index (χ2v) is 7.60. The van der Waals surface area contributed by atoms with Crippen LogP contribution in [-0.2, 0) is 4.79 Å². The van der Waals surface area contributed by atoms with E-state index in [1.165, 1.54) is 37.5 Å². The first-order valence-corrected chi connectivity index (χ1v) is 10.1. The first-order chi connectivity index (χ1) is 14.8. The molecule has 11 heteroatoms. The number of nitro benzene ring substituents is 1. The van der Waals surface area contributed by atoms with E-state index in [0.29, 0.717) is 21.8 Å². The first-order valence-electron chi connectivity index (χ1n) is 9.33. The summed E-state index contributed by atoms with van der Waals surface area (Å²) in [6.07, 6.45) is 1.86. The van der Waals surface area contributed by atoms with Crippen LogP contribution in [0.1, 0.15) is 20.3 Å². The number of anilines is 2. The minimum absolute atomic E-state index is 0.0146. The lowest BCUT2D eigenvalue weighted by molar-refractivity contribution is -0.385. The number of hydrogen-bond acceptors (Lipinski definition) is 7. The van der Waals surface area contributed by atoms with Gasteiger partial charge in [0.1, 0.15) is 24.6 Å². The average molecular weight is 492 g/mol. The Morgan fingerprint density at radius 3 is 2.74 bits per heavy atom. The van der Waals surface area contributed by atoms with Gasteiger partial charge < -0.3 is 15.4 Å². The number of fused-ring (bicyclic) bond motifs is 1. The van der Waals surface area contributed by atoms with Crippen LogP contribution in [0, 0.1) is 15.9 Å². The molecule has 1 heterocycles. The van der Waals surface area contributed by atoms with Crippen molar-refractivity contribution in [3.05, 3.63) is 57.1 Å². The summed E-state index contributed by atoms with van der Waals surface area (Å²) >= 11 is 3.19. The van der Waals surface area contributed by atoms with E-state index in [1.807, 2.05) is 6.92 Å². The van der Waals surface area contributed by atoms with Crippen LogP contribution in [0.5, 0.6) is 5.75 Å². The average Bonchev–Trinajstić information content (AvgIpc) is 2.72. The van der Waals surface area contributed by atoms with E-state index in [2.05, 4.69) is 36.5 Å². The molecule has 9 nitrogen and oxygen atoms in total. The summed E-state index contributed by atoms with van der Waals surface area (Å²) in [7, 11) is 0. The van der Waals surface area contributed by atoms with Gasteiger partial charge in [-0.25, -0.2) is 14.4 Å². The maximum Gasteiger partial charge on any atom is 0.311 e. The molecule has 1 unspecified atom stereocenters. The van der Waals surface area contributed by atoms with Gasteiger partial charge in [0.15, 0.2) is 5.75 Å². The van der Waals surface area contributed by atoms with Crippen LogP contribution in [0.3, 0.4) is 0 Å². The molecule has 162 valence electrons. The highest BCUT2D eigenvalue weighted by Crippen LogP contribution is 2.35. The number of ether oxygens (including phenoxy) is 1. The van der Waals surface area contributed by atoms with E-state index in [0.717, 1.165) is 0 Å². The molecule has 0 aliphatic heterocycles. The quantitative estimate of drug-likeness (QED) is 0.352. The lowest BCUT2D eigenvalue weighted by atomic mass is 10.2. The van der Waals surface area contributed by atoms with Gasteiger partial charge in [-0.05, 0) is 24.6 Å². The Morgan fingerprint density at radius 1 is 1.32 bits per heavy atom. The molecule has 0 aliphatic rings. The Kier molecular flexibility index (Phi) is 6.95. The van der Waals surface area contributed by atoms with Crippen LogP contribution in [0.2, 0.25) is 0 Å². The van der Waals surface area contributed by atoms with Gasteiger partial charge in [-0.1, -0.05) is 22.9 Å². The van der Waals surface area contributed by atoms with Crippen LogP contribution in [0.4, 0.5) is 21.6 Å². The fourth-order valence-corrected chi connectivity index (χ4v) is 3.22. The van der Waals surface area contributed by atoms with Crippen LogP contribution in [-0.4, -0.2) is 33.4 Å². The number of benzene rings is 2. The van der Waals surface area contributed by atoms with E-state index >= 15 is 0 Å². The van der Waals surface area contributed by atoms with Crippen molar-refractivity contribution in [2.24, 2.45) is 0 Å². The van der Waals surface area contributed by atoms with E-state index < -0.39 is 10.7 Å². The van der Waals surface area contributed by atoms with Crippen molar-refractivity contribution >= 4 is 49.9 Å². The van der Waals surface area contributed by atoms with E-state index in [-0.39, 0.29) is 41.5 Å². The van der Waals surface area contributed by atoms with Crippen LogP contribution >= 0.6 is 15.9 Å². The zero-order chi connectivity index (χ0) is 22.5. The highest BCUT2D eigenvalue weighted by atomic mass is 79.9. The molecular formula is C20H19BrFN5O4. The summed E-state index contributed by atoms with van der Waals surface area (Å²) in [6.45, 7) is 3.31. The minimum Gasteiger partial charge on any atom is -0.485 e. The van der Waals surface area contributed by atoms with Crippen molar-refractivity contribution in [2.75, 3.05) is 11.9 Å². The molecule has 0 saturated carbocycles. The Balaban J connectivity index is 1.96. The number of amides is 1. The first kappa shape index (κ1) is 22.3. The third-order valence-electron chi connectivity index (χ3n) is 4.44. The molecule has 0 aliphatic carbocycles. The predicted molar refractivity (Wildman–Crippen MR) is 117 cm³/mol. The zero-order valence-electron chi connectivity index (χ0n) is 16.7. The SMILES string of the molecule is CCC(COc1cc2ncnc(Nc3ccc(Br)cc3F)c2cc1[N+](=O)[O-])NC(C)=O. The predicted octanol–water partition coefficient (Wildman–Crippen LogP) is 4.48. The third-order valence-corrected chi connectivity index (χ3v) is 4.93. The van der Waals surface area contributed by atoms with Crippen molar-refractivity contribution in [2.45, 2.75) is 26.3 Å². The molecule has 3 aromatic rings. The Hall–Kier alpha value is -3.34. The number of nitro groups is 1. The molecule has 1 aromatic heterocycles. The zero-order valence-corrected chi connectivity index (χ0v) is 18.3. The second kappa shape index (κ2) is 9.65. The largest absolute Gasteiger partial charge is 0.485 e. The summed E-state index contributed by atoms with van der Waals surface area (Å²) in [6, 6.07) is 6.88. The number of rotatable bonds is 8. The number of carbonyl (C=O) groups is 1. The second-order valence-electron chi connectivity index (χ2n) is 6.68. The Bertz CT molecular complexity index is 1140. The summed E-state index contributed by atoms with van der Waals surface area (Å²) < 4.78 is 20.4. The highest BCUT2D eigenvalue weighted by molar-refractivity contribution is 9.10. The van der Waals surface area contributed by atoms with Crippen LogP contribution < -0.4 is 15.4 Å². The van der Waals surface area contributed by atoms with Gasteiger partial charge in [-0.3, -0.25) is 14.9 Å². The van der Waals surface area contributed by atoms with Gasteiger partial charge in [-0.15, -0.1) is 0 Å². The molecule has 0 fully saturated rings. The lowest BCUT2D eigenvalue weighted by Crippen LogP contribution is -2.37. The summed E-state index contributed by atoms with van der Waals surface area (Å²) in [5.41, 5.74) is 0.245. The van der Waals surface area contributed by atoms with Gasteiger partial charge >= 0.3 is 5.69 Å². The molecule has 0 radical (unpaired) electrons. The smallest absolute Gasteiger partial charge is 0.311 e. The number of aromatic nitrogens is 2. The Labute approximate surface area is 185 Å². The molecule has 2 N–H and O–H groups in total. The Morgan fingerprint density at radius 2 is 2.10 bits per heavy atom. The topological polar surface area (TPSA) is 119 Å². The van der Waals surface area contributed by atoms with Crippen molar-refractivity contribution in [3.8, 4) is 5.75 Å². The standard InChI is InChI=1S/C20H19BrFN5O4/c1-3-13(25-11(2)28)9-31-19-8-17-14(7-18(19)27(29)30)20(24-10-23-17)26-16-5-4-12(21)6-15(16)22/h4-8,10,13H,3,9H2,1-2H3,(H,25,28)(H,23,24,26). The third kappa shape index (κ3) is 5.43. The van der Waals surface area contributed by atoms with Gasteiger partial charge in [0, 0.05) is 23.5 Å². The highest BCUT2D eigenvalue weighted by Gasteiger charge is 2.21. The van der Waals surface area contributed by atoms with Crippen molar-refractivity contribution < 1.29 is 18.8 Å². The molecule has 2 aromatic carbocycles. The normalized spacial score (nSPS) is 11.7. The minimum atomic E-state index is -0.578. The molecule has 31 heavy (non-hydrogen) atoms. The number of hydrogen-bond donors (Lipinski definition) is 2. The lowest BCUT2D eigenvalue weighted by Gasteiger charge is -2.17. The molecule has 0 spiro atoms. The summed E-state index contributed by atoms with van der Waals surface area (Å²) in [5.74, 6) is -0.502. The van der Waals surface area contributed by atoms with Gasteiger partial charge in [0.2, 0.25) is 5.91 Å². The van der Waals surface area contributed by atoms with Gasteiger partial charge in [0.25, 0.3) is 0 Å². The number of halogens is 2. The van der Waals surface area contributed by atoms with Crippen LogP contribution in [0.25, 0.3) is 10.9 Å². The van der Waals surface area contributed by atoms with E-state index in [1.54, 1.807) is 6.07 Å². The van der Waals surface area contributed by atoms with Crippen molar-refractivity contribution in [3.63, 3.8) is 0 Å².